The van der Waals surface area contributed by atoms with Crippen LogP contribution in [0.4, 0.5) is 5.69 Å². The Morgan fingerprint density at radius 2 is 2.20 bits per heavy atom. The highest BCUT2D eigenvalue weighted by Gasteiger charge is 2.22. The predicted molar refractivity (Wildman–Crippen MR) is 84.0 cm³/mol. The average molecular weight is 274 g/mol. The van der Waals surface area contributed by atoms with Crippen LogP contribution < -0.4 is 10.6 Å². The summed E-state index contributed by atoms with van der Waals surface area (Å²) in [5.74, 6) is 0.256. The zero-order valence-electron chi connectivity index (χ0n) is 12.7. The van der Waals surface area contributed by atoms with E-state index in [0.29, 0.717) is 6.42 Å². The molecule has 0 saturated heterocycles. The van der Waals surface area contributed by atoms with Gasteiger partial charge in [0.25, 0.3) is 0 Å². The van der Waals surface area contributed by atoms with Crippen LogP contribution in [0.15, 0.2) is 18.2 Å². The number of amides is 1. The minimum absolute atomic E-state index is 0.231. The molecule has 1 aromatic rings. The molecule has 0 aliphatic carbocycles. The molecular weight excluding hydrogens is 248 g/mol. The first-order chi connectivity index (χ1) is 9.65. The molecule has 0 aromatic heterocycles. The first-order valence-corrected chi connectivity index (χ1v) is 7.83. The minimum Gasteiger partial charge on any atom is -0.327 e. The number of benzene rings is 1. The Hall–Kier alpha value is -1.35. The van der Waals surface area contributed by atoms with Gasteiger partial charge in [0, 0.05) is 24.7 Å². The number of anilines is 1. The molecule has 20 heavy (non-hydrogen) atoms. The van der Waals surface area contributed by atoms with Crippen molar-refractivity contribution in [2.24, 2.45) is 5.73 Å². The Bertz CT molecular complexity index is 470. The van der Waals surface area contributed by atoms with E-state index >= 15 is 0 Å². The van der Waals surface area contributed by atoms with E-state index in [9.17, 15) is 4.79 Å². The van der Waals surface area contributed by atoms with E-state index in [1.807, 2.05) is 4.90 Å². The molecular formula is C17H26N2O. The van der Waals surface area contributed by atoms with Crippen LogP contribution in [-0.4, -0.2) is 18.5 Å². The summed E-state index contributed by atoms with van der Waals surface area (Å²) >= 11 is 0. The number of carbonyl (C=O) groups is 1. The Morgan fingerprint density at radius 3 is 2.90 bits per heavy atom. The van der Waals surface area contributed by atoms with Gasteiger partial charge in [-0.25, -0.2) is 0 Å². The van der Waals surface area contributed by atoms with Crippen LogP contribution in [-0.2, 0) is 17.6 Å². The first kappa shape index (κ1) is 15.0. The average Bonchev–Trinajstić information content (AvgIpc) is 2.46. The van der Waals surface area contributed by atoms with Crippen LogP contribution in [0.3, 0.4) is 0 Å². The van der Waals surface area contributed by atoms with Gasteiger partial charge in [0.05, 0.1) is 0 Å². The number of fused-ring (bicyclic) bond motifs is 1. The molecule has 0 bridgehead atoms. The summed E-state index contributed by atoms with van der Waals surface area (Å²) in [7, 11) is 0. The molecule has 3 heteroatoms. The number of aryl methyl sites for hydroxylation is 1. The number of hydrogen-bond donors (Lipinski definition) is 1. The summed E-state index contributed by atoms with van der Waals surface area (Å²) in [6, 6.07) is 6.72. The van der Waals surface area contributed by atoms with Gasteiger partial charge in [-0.05, 0) is 49.3 Å². The molecule has 1 heterocycles. The van der Waals surface area contributed by atoms with Gasteiger partial charge >= 0.3 is 0 Å². The smallest absolute Gasteiger partial charge is 0.226 e. The normalized spacial score (nSPS) is 15.8. The summed E-state index contributed by atoms with van der Waals surface area (Å²) in [5, 5.41) is 0. The molecule has 1 unspecified atom stereocenters. The number of carbonyl (C=O) groups excluding carboxylic acids is 1. The van der Waals surface area contributed by atoms with Gasteiger partial charge in [0.2, 0.25) is 5.91 Å². The highest BCUT2D eigenvalue weighted by Crippen LogP contribution is 2.29. The Kier molecular flexibility index (Phi) is 5.18. The van der Waals surface area contributed by atoms with Gasteiger partial charge in [-0.3, -0.25) is 4.79 Å². The lowest BCUT2D eigenvalue weighted by Crippen LogP contribution is -2.35. The van der Waals surface area contributed by atoms with Crippen LogP contribution in [0.25, 0.3) is 0 Å². The second-order valence-corrected chi connectivity index (χ2v) is 5.73. The van der Waals surface area contributed by atoms with Crippen molar-refractivity contribution in [2.45, 2.75) is 58.4 Å². The number of nitrogens with two attached hydrogens (primary N) is 1. The maximum absolute atomic E-state index is 12.2. The van der Waals surface area contributed by atoms with Crippen molar-refractivity contribution in [1.29, 1.82) is 0 Å². The molecule has 0 spiro atoms. The molecule has 3 nitrogen and oxygen atoms in total. The lowest BCUT2D eigenvalue weighted by atomic mass is 9.96. The summed E-state index contributed by atoms with van der Waals surface area (Å²) in [4.78, 5) is 14.1. The fraction of sp³-hybridized carbons (Fsp3) is 0.588. The molecule has 110 valence electrons. The van der Waals surface area contributed by atoms with E-state index in [2.05, 4.69) is 32.0 Å². The monoisotopic (exact) mass is 274 g/mol. The Morgan fingerprint density at radius 1 is 1.40 bits per heavy atom. The third-order valence-electron chi connectivity index (χ3n) is 4.05. The van der Waals surface area contributed by atoms with Crippen LogP contribution in [0.2, 0.25) is 0 Å². The second-order valence-electron chi connectivity index (χ2n) is 5.73. The maximum Gasteiger partial charge on any atom is 0.226 e. The van der Waals surface area contributed by atoms with Crippen LogP contribution in [0.1, 0.15) is 50.7 Å². The van der Waals surface area contributed by atoms with Crippen molar-refractivity contribution >= 4 is 11.6 Å². The van der Waals surface area contributed by atoms with Crippen molar-refractivity contribution in [3.63, 3.8) is 0 Å². The van der Waals surface area contributed by atoms with E-state index in [1.54, 1.807) is 0 Å². The Labute approximate surface area is 122 Å². The van der Waals surface area contributed by atoms with Crippen LogP contribution in [0, 0.1) is 0 Å². The molecule has 0 radical (unpaired) electrons. The highest BCUT2D eigenvalue weighted by molar-refractivity contribution is 5.94. The second kappa shape index (κ2) is 6.89. The van der Waals surface area contributed by atoms with E-state index in [-0.39, 0.29) is 11.9 Å². The fourth-order valence-electron chi connectivity index (χ4n) is 2.83. The van der Waals surface area contributed by atoms with Crippen LogP contribution in [0.5, 0.6) is 0 Å². The van der Waals surface area contributed by atoms with Gasteiger partial charge in [-0.15, -0.1) is 0 Å². The first-order valence-electron chi connectivity index (χ1n) is 7.83. The summed E-state index contributed by atoms with van der Waals surface area (Å²) < 4.78 is 0. The van der Waals surface area contributed by atoms with Gasteiger partial charge in [-0.1, -0.05) is 26.0 Å². The van der Waals surface area contributed by atoms with E-state index in [4.69, 9.17) is 5.73 Å². The molecule has 2 rings (SSSR count). The number of hydrogen-bond acceptors (Lipinski definition) is 2. The molecule has 0 fully saturated rings. The third-order valence-corrected chi connectivity index (χ3v) is 4.05. The van der Waals surface area contributed by atoms with Crippen molar-refractivity contribution in [2.75, 3.05) is 11.4 Å². The quantitative estimate of drug-likeness (QED) is 0.897. The topological polar surface area (TPSA) is 46.3 Å². The van der Waals surface area contributed by atoms with Gasteiger partial charge in [0.1, 0.15) is 0 Å². The molecule has 0 saturated carbocycles. The standard InChI is InChI=1S/C17H26N2O/c1-3-6-17(20)19-10-5-7-14-11-13(8-9-16(14)19)12-15(18)4-2/h8-9,11,15H,3-7,10,12,18H2,1-2H3. The zero-order valence-corrected chi connectivity index (χ0v) is 12.7. The van der Waals surface area contributed by atoms with Crippen molar-refractivity contribution in [3.8, 4) is 0 Å². The number of nitrogens with zero attached hydrogens (tertiary/aromatic N) is 1. The predicted octanol–water partition coefficient (Wildman–Crippen LogP) is 3.05. The SMILES string of the molecule is CCCC(=O)N1CCCc2cc(CC(N)CC)ccc21. The molecule has 2 N–H and O–H groups in total. The van der Waals surface area contributed by atoms with Crippen LogP contribution >= 0.6 is 0 Å². The third kappa shape index (κ3) is 3.40. The lowest BCUT2D eigenvalue weighted by Gasteiger charge is -2.30. The largest absolute Gasteiger partial charge is 0.327 e. The van der Waals surface area contributed by atoms with Gasteiger partial charge < -0.3 is 10.6 Å². The zero-order chi connectivity index (χ0) is 14.5. The summed E-state index contributed by atoms with van der Waals surface area (Å²) in [6.45, 7) is 5.03. The van der Waals surface area contributed by atoms with E-state index in [0.717, 1.165) is 44.3 Å². The molecule has 1 aliphatic rings. The number of rotatable bonds is 5. The lowest BCUT2D eigenvalue weighted by molar-refractivity contribution is -0.118. The summed E-state index contributed by atoms with van der Waals surface area (Å²) in [5.41, 5.74) is 9.75. The van der Waals surface area contributed by atoms with Gasteiger partial charge in [-0.2, -0.15) is 0 Å². The molecule has 1 aliphatic heterocycles. The fourth-order valence-corrected chi connectivity index (χ4v) is 2.83. The molecule has 1 aromatic carbocycles. The van der Waals surface area contributed by atoms with Crippen molar-refractivity contribution in [3.05, 3.63) is 29.3 Å². The summed E-state index contributed by atoms with van der Waals surface area (Å²) in [6.07, 6.45) is 5.60. The van der Waals surface area contributed by atoms with E-state index in [1.165, 1.54) is 11.1 Å². The van der Waals surface area contributed by atoms with Gasteiger partial charge in [0.15, 0.2) is 0 Å². The highest BCUT2D eigenvalue weighted by atomic mass is 16.2. The van der Waals surface area contributed by atoms with Crippen molar-refractivity contribution < 1.29 is 4.79 Å². The van der Waals surface area contributed by atoms with E-state index < -0.39 is 0 Å². The molecule has 1 amide bonds. The maximum atomic E-state index is 12.2. The van der Waals surface area contributed by atoms with Crippen molar-refractivity contribution in [1.82, 2.24) is 0 Å². The minimum atomic E-state index is 0.231. The molecule has 1 atom stereocenters. The Balaban J connectivity index is 2.19.